The summed E-state index contributed by atoms with van der Waals surface area (Å²) in [4.78, 5) is 25.5. The maximum atomic E-state index is 12.8. The van der Waals surface area contributed by atoms with E-state index in [4.69, 9.17) is 9.47 Å². The predicted molar refractivity (Wildman–Crippen MR) is 125 cm³/mol. The molecule has 0 aliphatic rings. The number of hydrogen-bond donors (Lipinski definition) is 3. The van der Waals surface area contributed by atoms with Crippen LogP contribution in [0.25, 0.3) is 6.08 Å². The lowest BCUT2D eigenvalue weighted by molar-refractivity contribution is -0.117. The van der Waals surface area contributed by atoms with E-state index in [-0.39, 0.29) is 11.4 Å². The molecule has 3 rings (SSSR count). The molecule has 0 bridgehead atoms. The number of hydrazone groups is 1. The second kappa shape index (κ2) is 11.1. The van der Waals surface area contributed by atoms with Crippen molar-refractivity contribution >= 4 is 24.1 Å². The van der Waals surface area contributed by atoms with Crippen LogP contribution in [0, 0.1) is 0 Å². The van der Waals surface area contributed by atoms with Crippen molar-refractivity contribution in [3.05, 3.63) is 95.2 Å². The van der Waals surface area contributed by atoms with Gasteiger partial charge in [0.05, 0.1) is 20.4 Å². The smallest absolute Gasteiger partial charge is 0.287 e. The molecule has 8 nitrogen and oxygen atoms in total. The molecular formula is C25H23N3O5. The summed E-state index contributed by atoms with van der Waals surface area (Å²) in [7, 11) is 3.03. The number of benzene rings is 3. The molecular weight excluding hydrogens is 422 g/mol. The van der Waals surface area contributed by atoms with Crippen molar-refractivity contribution in [3.8, 4) is 17.2 Å². The van der Waals surface area contributed by atoms with Crippen LogP contribution in [-0.4, -0.2) is 37.4 Å². The topological polar surface area (TPSA) is 109 Å². The molecule has 0 saturated heterocycles. The van der Waals surface area contributed by atoms with Crippen molar-refractivity contribution in [1.29, 1.82) is 0 Å². The van der Waals surface area contributed by atoms with Crippen LogP contribution in [0.3, 0.4) is 0 Å². The maximum Gasteiger partial charge on any atom is 0.287 e. The van der Waals surface area contributed by atoms with Gasteiger partial charge in [0.1, 0.15) is 11.4 Å². The van der Waals surface area contributed by atoms with Crippen LogP contribution in [-0.2, 0) is 4.79 Å². The standard InChI is InChI=1S/C25H23N3O5/c1-32-22-12-11-17(15-23(22)33-2)14-21(27-24(30)19-8-4-3-5-9-19)25(31)28-26-16-18-7-6-10-20(29)13-18/h3-16,29H,1-2H3,(H,27,30)(H,28,31)/b21-14+,26-16-. The quantitative estimate of drug-likeness (QED) is 0.280. The zero-order valence-electron chi connectivity index (χ0n) is 18.1. The molecule has 0 unspecified atom stereocenters. The van der Waals surface area contributed by atoms with Gasteiger partial charge in [-0.1, -0.05) is 36.4 Å². The Morgan fingerprint density at radius 2 is 1.64 bits per heavy atom. The first-order valence-corrected chi connectivity index (χ1v) is 9.92. The third kappa shape index (κ3) is 6.44. The highest BCUT2D eigenvalue weighted by Crippen LogP contribution is 2.28. The van der Waals surface area contributed by atoms with Gasteiger partial charge in [-0.05, 0) is 53.6 Å². The van der Waals surface area contributed by atoms with Crippen molar-refractivity contribution < 1.29 is 24.2 Å². The third-order valence-corrected chi connectivity index (χ3v) is 4.50. The van der Waals surface area contributed by atoms with E-state index in [2.05, 4.69) is 15.8 Å². The lowest BCUT2D eigenvalue weighted by Crippen LogP contribution is -2.32. The van der Waals surface area contributed by atoms with Gasteiger partial charge in [-0.3, -0.25) is 9.59 Å². The second-order valence-electron chi connectivity index (χ2n) is 6.79. The van der Waals surface area contributed by atoms with Gasteiger partial charge in [-0.15, -0.1) is 0 Å². The minimum atomic E-state index is -0.634. The monoisotopic (exact) mass is 445 g/mol. The Labute approximate surface area is 191 Å². The average Bonchev–Trinajstić information content (AvgIpc) is 2.84. The summed E-state index contributed by atoms with van der Waals surface area (Å²) in [5, 5.41) is 16.1. The van der Waals surface area contributed by atoms with Gasteiger partial charge < -0.3 is 19.9 Å². The number of nitrogens with one attached hydrogen (secondary N) is 2. The minimum absolute atomic E-state index is 0.0240. The third-order valence-electron chi connectivity index (χ3n) is 4.50. The molecule has 8 heteroatoms. The molecule has 33 heavy (non-hydrogen) atoms. The van der Waals surface area contributed by atoms with E-state index in [9.17, 15) is 14.7 Å². The first-order valence-electron chi connectivity index (χ1n) is 9.92. The molecule has 0 aliphatic carbocycles. The summed E-state index contributed by atoms with van der Waals surface area (Å²) >= 11 is 0. The van der Waals surface area contributed by atoms with Crippen molar-refractivity contribution in [2.24, 2.45) is 5.10 Å². The van der Waals surface area contributed by atoms with E-state index in [0.29, 0.717) is 28.2 Å². The van der Waals surface area contributed by atoms with Crippen molar-refractivity contribution in [1.82, 2.24) is 10.7 Å². The number of hydrogen-bond acceptors (Lipinski definition) is 6. The summed E-state index contributed by atoms with van der Waals surface area (Å²) in [5.74, 6) is 0.00123. The molecule has 0 heterocycles. The fourth-order valence-electron chi connectivity index (χ4n) is 2.88. The van der Waals surface area contributed by atoms with Gasteiger partial charge in [0, 0.05) is 5.56 Å². The zero-order chi connectivity index (χ0) is 23.6. The van der Waals surface area contributed by atoms with Crippen molar-refractivity contribution in [2.75, 3.05) is 14.2 Å². The number of nitrogens with zero attached hydrogens (tertiary/aromatic N) is 1. The molecule has 0 radical (unpaired) electrons. The van der Waals surface area contributed by atoms with Gasteiger partial charge in [0.2, 0.25) is 0 Å². The number of phenolic OH excluding ortho intramolecular Hbond substituents is 1. The summed E-state index contributed by atoms with van der Waals surface area (Å²) in [6, 6.07) is 20.0. The Morgan fingerprint density at radius 3 is 2.33 bits per heavy atom. The maximum absolute atomic E-state index is 12.8. The lowest BCUT2D eigenvalue weighted by atomic mass is 10.1. The second-order valence-corrected chi connectivity index (χ2v) is 6.79. The molecule has 0 aliphatic heterocycles. The molecule has 2 amide bonds. The van der Waals surface area contributed by atoms with Gasteiger partial charge >= 0.3 is 0 Å². The van der Waals surface area contributed by atoms with Crippen molar-refractivity contribution in [2.45, 2.75) is 0 Å². The summed E-state index contributed by atoms with van der Waals surface area (Å²) in [5.41, 5.74) is 3.95. The van der Waals surface area contributed by atoms with E-state index in [0.717, 1.165) is 0 Å². The number of amides is 2. The summed E-state index contributed by atoms with van der Waals surface area (Å²) < 4.78 is 10.5. The average molecular weight is 445 g/mol. The normalized spacial score (nSPS) is 11.2. The Hall–Kier alpha value is -4.59. The molecule has 0 fully saturated rings. The van der Waals surface area contributed by atoms with Crippen LogP contribution in [0.2, 0.25) is 0 Å². The fraction of sp³-hybridized carbons (Fsp3) is 0.0800. The fourth-order valence-corrected chi connectivity index (χ4v) is 2.88. The van der Waals surface area contributed by atoms with Crippen LogP contribution in [0.5, 0.6) is 17.2 Å². The van der Waals surface area contributed by atoms with Crippen molar-refractivity contribution in [3.63, 3.8) is 0 Å². The number of ether oxygens (including phenoxy) is 2. The molecule has 0 atom stereocenters. The van der Waals surface area contributed by atoms with Gasteiger partial charge in [0.15, 0.2) is 11.5 Å². The number of carbonyl (C=O) groups is 2. The summed E-state index contributed by atoms with van der Waals surface area (Å²) in [6.45, 7) is 0. The van der Waals surface area contributed by atoms with E-state index >= 15 is 0 Å². The molecule has 0 spiro atoms. The van der Waals surface area contributed by atoms with Gasteiger partial charge in [-0.25, -0.2) is 5.43 Å². The Morgan fingerprint density at radius 1 is 0.879 bits per heavy atom. The van der Waals surface area contributed by atoms with Crippen LogP contribution in [0.4, 0.5) is 0 Å². The number of phenols is 1. The molecule has 168 valence electrons. The Balaban J connectivity index is 1.86. The highest BCUT2D eigenvalue weighted by atomic mass is 16.5. The first kappa shape index (κ1) is 23.1. The van der Waals surface area contributed by atoms with Crippen LogP contribution >= 0.6 is 0 Å². The Kier molecular flexibility index (Phi) is 7.80. The highest BCUT2D eigenvalue weighted by Gasteiger charge is 2.15. The Bertz CT molecular complexity index is 1190. The minimum Gasteiger partial charge on any atom is -0.508 e. The van der Waals surface area contributed by atoms with E-state index in [1.54, 1.807) is 60.7 Å². The molecule has 3 aromatic rings. The SMILES string of the molecule is COc1ccc(/C=C(/NC(=O)c2ccccc2)C(=O)N/N=C\c2cccc(O)c2)cc1OC. The molecule has 3 N–H and O–H groups in total. The van der Waals surface area contributed by atoms with Gasteiger partial charge in [0.25, 0.3) is 11.8 Å². The first-order chi connectivity index (χ1) is 16.0. The number of carbonyl (C=O) groups excluding carboxylic acids is 2. The largest absolute Gasteiger partial charge is 0.508 e. The van der Waals surface area contributed by atoms with Crippen LogP contribution < -0.4 is 20.2 Å². The number of aromatic hydroxyl groups is 1. The lowest BCUT2D eigenvalue weighted by Gasteiger charge is -2.11. The van der Waals surface area contributed by atoms with Crippen LogP contribution in [0.15, 0.2) is 83.6 Å². The summed E-state index contributed by atoms with van der Waals surface area (Å²) in [6.07, 6.45) is 2.88. The van der Waals surface area contributed by atoms with E-state index < -0.39 is 11.8 Å². The zero-order valence-corrected chi connectivity index (χ0v) is 18.1. The van der Waals surface area contributed by atoms with E-state index in [1.165, 1.54) is 38.6 Å². The highest BCUT2D eigenvalue weighted by molar-refractivity contribution is 6.05. The molecule has 0 aromatic heterocycles. The van der Waals surface area contributed by atoms with Gasteiger partial charge in [-0.2, -0.15) is 5.10 Å². The molecule has 0 saturated carbocycles. The number of rotatable bonds is 8. The number of methoxy groups -OCH3 is 2. The van der Waals surface area contributed by atoms with E-state index in [1.807, 2.05) is 0 Å². The molecule has 3 aromatic carbocycles. The van der Waals surface area contributed by atoms with Crippen LogP contribution in [0.1, 0.15) is 21.5 Å². The predicted octanol–water partition coefficient (Wildman–Crippen LogP) is 3.33.